The number of hydrogen-bond acceptors (Lipinski definition) is 3. The van der Waals surface area contributed by atoms with Crippen LogP contribution in [-0.2, 0) is 4.74 Å². The number of rotatable bonds is 8. The summed E-state index contributed by atoms with van der Waals surface area (Å²) in [5.74, 6) is 0. The maximum absolute atomic E-state index is 5.09. The van der Waals surface area contributed by atoms with Crippen molar-refractivity contribution in [1.82, 2.24) is 10.2 Å². The molecule has 1 N–H and O–H groups in total. The number of hydrogen-bond donors (Lipinski definition) is 1. The Balaban J connectivity index is 2.50. The maximum atomic E-state index is 5.09. The fourth-order valence-electron chi connectivity index (χ4n) is 2.14. The molecule has 1 unspecified atom stereocenters. The summed E-state index contributed by atoms with van der Waals surface area (Å²) in [7, 11) is 5.92. The van der Waals surface area contributed by atoms with Crippen molar-refractivity contribution in [2.24, 2.45) is 0 Å². The van der Waals surface area contributed by atoms with Gasteiger partial charge in [0.2, 0.25) is 0 Å². The second kappa shape index (κ2) is 8.25. The maximum Gasteiger partial charge on any atom is 0.0589 e. The van der Waals surface area contributed by atoms with E-state index in [1.165, 1.54) is 11.1 Å². The molecule has 0 aromatic heterocycles. The van der Waals surface area contributed by atoms with E-state index in [-0.39, 0.29) is 0 Å². The second-order valence-corrected chi connectivity index (χ2v) is 4.78. The van der Waals surface area contributed by atoms with Crippen LogP contribution in [0, 0.1) is 6.92 Å². The summed E-state index contributed by atoms with van der Waals surface area (Å²) in [5.41, 5.74) is 2.76. The van der Waals surface area contributed by atoms with E-state index in [0.29, 0.717) is 6.04 Å². The molecule has 0 saturated heterocycles. The smallest absolute Gasteiger partial charge is 0.0589 e. The van der Waals surface area contributed by atoms with Crippen molar-refractivity contribution in [3.05, 3.63) is 35.4 Å². The predicted octanol–water partition coefficient (Wildman–Crippen LogP) is 2.22. The number of benzene rings is 1. The van der Waals surface area contributed by atoms with Gasteiger partial charge in [0.15, 0.2) is 0 Å². The molecule has 0 bridgehead atoms. The van der Waals surface area contributed by atoms with Gasteiger partial charge in [-0.2, -0.15) is 0 Å². The number of ether oxygens (including phenoxy) is 1. The monoisotopic (exact) mass is 250 g/mol. The highest BCUT2D eigenvalue weighted by atomic mass is 16.5. The molecule has 0 fully saturated rings. The van der Waals surface area contributed by atoms with E-state index in [0.717, 1.165) is 26.1 Å². The van der Waals surface area contributed by atoms with Crippen molar-refractivity contribution in [3.63, 3.8) is 0 Å². The first-order valence-corrected chi connectivity index (χ1v) is 6.59. The summed E-state index contributed by atoms with van der Waals surface area (Å²) >= 11 is 0. The van der Waals surface area contributed by atoms with Crippen LogP contribution in [0.3, 0.4) is 0 Å². The minimum atomic E-state index is 0.427. The van der Waals surface area contributed by atoms with E-state index in [4.69, 9.17) is 4.74 Å². The molecular formula is C15H26N2O. The molecule has 0 aliphatic rings. The van der Waals surface area contributed by atoms with Gasteiger partial charge in [-0.3, -0.25) is 0 Å². The molecule has 0 saturated carbocycles. The molecule has 0 aliphatic carbocycles. The Bertz CT molecular complexity index is 341. The topological polar surface area (TPSA) is 24.5 Å². The average Bonchev–Trinajstić information content (AvgIpc) is 2.39. The van der Waals surface area contributed by atoms with Crippen LogP contribution in [0.2, 0.25) is 0 Å². The van der Waals surface area contributed by atoms with E-state index in [2.05, 4.69) is 48.5 Å². The Hall–Kier alpha value is -0.900. The van der Waals surface area contributed by atoms with Gasteiger partial charge in [-0.15, -0.1) is 0 Å². The van der Waals surface area contributed by atoms with Crippen LogP contribution in [0.15, 0.2) is 24.3 Å². The summed E-state index contributed by atoms with van der Waals surface area (Å²) in [6, 6.07) is 9.02. The lowest BCUT2D eigenvalue weighted by molar-refractivity contribution is 0.159. The van der Waals surface area contributed by atoms with Crippen LogP contribution in [0.1, 0.15) is 23.6 Å². The Morgan fingerprint density at radius 1 is 1.28 bits per heavy atom. The van der Waals surface area contributed by atoms with Gasteiger partial charge in [-0.1, -0.05) is 24.3 Å². The highest BCUT2D eigenvalue weighted by molar-refractivity contribution is 5.28. The van der Waals surface area contributed by atoms with Gasteiger partial charge in [0, 0.05) is 19.7 Å². The van der Waals surface area contributed by atoms with E-state index in [1.54, 1.807) is 7.11 Å². The van der Waals surface area contributed by atoms with Gasteiger partial charge < -0.3 is 15.0 Å². The quantitative estimate of drug-likeness (QED) is 0.765. The Morgan fingerprint density at radius 2 is 2.00 bits per heavy atom. The molecule has 102 valence electrons. The first kappa shape index (κ1) is 15.2. The molecule has 3 heteroatoms. The zero-order valence-electron chi connectivity index (χ0n) is 12.1. The number of aryl methyl sites for hydroxylation is 1. The molecule has 0 aliphatic heterocycles. The van der Waals surface area contributed by atoms with Crippen molar-refractivity contribution in [1.29, 1.82) is 0 Å². The van der Waals surface area contributed by atoms with Crippen molar-refractivity contribution in [2.45, 2.75) is 19.4 Å². The molecule has 1 rings (SSSR count). The van der Waals surface area contributed by atoms with Gasteiger partial charge in [0.05, 0.1) is 6.61 Å². The van der Waals surface area contributed by atoms with E-state index in [1.807, 2.05) is 7.05 Å². The first-order chi connectivity index (χ1) is 8.69. The van der Waals surface area contributed by atoms with E-state index < -0.39 is 0 Å². The molecule has 1 aromatic carbocycles. The molecular weight excluding hydrogens is 224 g/mol. The highest BCUT2D eigenvalue weighted by Gasteiger charge is 2.11. The lowest BCUT2D eigenvalue weighted by atomic mass is 9.99. The second-order valence-electron chi connectivity index (χ2n) is 4.78. The fraction of sp³-hybridized carbons (Fsp3) is 0.600. The Kier molecular flexibility index (Phi) is 6.94. The van der Waals surface area contributed by atoms with E-state index in [9.17, 15) is 0 Å². The molecule has 18 heavy (non-hydrogen) atoms. The molecule has 0 amide bonds. The van der Waals surface area contributed by atoms with Crippen LogP contribution in [-0.4, -0.2) is 45.8 Å². The van der Waals surface area contributed by atoms with Gasteiger partial charge >= 0.3 is 0 Å². The standard InChI is InChI=1S/C15H26N2O/c1-13-7-5-6-8-14(13)15(16-2)9-10-17(3)11-12-18-4/h5-8,15-16H,9-12H2,1-4H3. The summed E-state index contributed by atoms with van der Waals surface area (Å²) in [5, 5.41) is 3.41. The summed E-state index contributed by atoms with van der Waals surface area (Å²) in [6.45, 7) is 5.03. The first-order valence-electron chi connectivity index (χ1n) is 6.59. The summed E-state index contributed by atoms with van der Waals surface area (Å²) < 4.78 is 5.09. The Morgan fingerprint density at radius 3 is 2.61 bits per heavy atom. The van der Waals surface area contributed by atoms with Gasteiger partial charge in [0.25, 0.3) is 0 Å². The number of likely N-dealkylation sites (N-methyl/N-ethyl adjacent to an activating group) is 1. The van der Waals surface area contributed by atoms with Crippen LogP contribution >= 0.6 is 0 Å². The van der Waals surface area contributed by atoms with Crippen LogP contribution < -0.4 is 5.32 Å². The van der Waals surface area contributed by atoms with Crippen molar-refractivity contribution < 1.29 is 4.74 Å². The number of nitrogens with one attached hydrogen (secondary N) is 1. The van der Waals surface area contributed by atoms with Crippen molar-refractivity contribution in [3.8, 4) is 0 Å². The minimum absolute atomic E-state index is 0.427. The van der Waals surface area contributed by atoms with Crippen LogP contribution in [0.4, 0.5) is 0 Å². The lowest BCUT2D eigenvalue weighted by Crippen LogP contribution is -2.28. The normalized spacial score (nSPS) is 12.9. The minimum Gasteiger partial charge on any atom is -0.383 e. The SMILES string of the molecule is CNC(CCN(C)CCOC)c1ccccc1C. The van der Waals surface area contributed by atoms with Crippen molar-refractivity contribution >= 4 is 0 Å². The van der Waals surface area contributed by atoms with Crippen molar-refractivity contribution in [2.75, 3.05) is 40.9 Å². The highest BCUT2D eigenvalue weighted by Crippen LogP contribution is 2.20. The third-order valence-electron chi connectivity index (χ3n) is 3.39. The summed E-state index contributed by atoms with van der Waals surface area (Å²) in [4.78, 5) is 2.31. The van der Waals surface area contributed by atoms with Crippen LogP contribution in [0.25, 0.3) is 0 Å². The molecule has 1 aromatic rings. The molecule has 0 spiro atoms. The lowest BCUT2D eigenvalue weighted by Gasteiger charge is -2.22. The molecule has 0 radical (unpaired) electrons. The fourth-order valence-corrected chi connectivity index (χ4v) is 2.14. The van der Waals surface area contributed by atoms with Gasteiger partial charge in [-0.05, 0) is 45.1 Å². The molecule has 0 heterocycles. The third-order valence-corrected chi connectivity index (χ3v) is 3.39. The average molecular weight is 250 g/mol. The zero-order valence-corrected chi connectivity index (χ0v) is 12.1. The van der Waals surface area contributed by atoms with Crippen LogP contribution in [0.5, 0.6) is 0 Å². The largest absolute Gasteiger partial charge is 0.383 e. The third kappa shape index (κ3) is 4.77. The van der Waals surface area contributed by atoms with Gasteiger partial charge in [0.1, 0.15) is 0 Å². The van der Waals surface area contributed by atoms with E-state index >= 15 is 0 Å². The number of methoxy groups -OCH3 is 1. The molecule has 1 atom stereocenters. The number of nitrogens with zero attached hydrogens (tertiary/aromatic N) is 1. The predicted molar refractivity (Wildman–Crippen MR) is 77.0 cm³/mol. The summed E-state index contributed by atoms with van der Waals surface area (Å²) in [6.07, 6.45) is 1.11. The zero-order chi connectivity index (χ0) is 13.4. The Labute approximate surface area is 111 Å². The van der Waals surface area contributed by atoms with Gasteiger partial charge in [-0.25, -0.2) is 0 Å². The molecule has 3 nitrogen and oxygen atoms in total.